The van der Waals surface area contributed by atoms with Gasteiger partial charge in [-0.25, -0.2) is 0 Å². The third kappa shape index (κ3) is 3.53. The summed E-state index contributed by atoms with van der Waals surface area (Å²) in [7, 11) is 0. The lowest BCUT2D eigenvalue weighted by atomic mass is 10.1. The van der Waals surface area contributed by atoms with Gasteiger partial charge in [0.1, 0.15) is 0 Å². The van der Waals surface area contributed by atoms with Crippen LogP contribution in [0.4, 0.5) is 0 Å². The van der Waals surface area contributed by atoms with Gasteiger partial charge in [0.05, 0.1) is 0 Å². The molecule has 17 heavy (non-hydrogen) atoms. The molecule has 0 unspecified atom stereocenters. The third-order valence-corrected chi connectivity index (χ3v) is 4.79. The van der Waals surface area contributed by atoms with Crippen LogP contribution in [0.25, 0.3) is 0 Å². The predicted octanol–water partition coefficient (Wildman–Crippen LogP) is 2.26. The van der Waals surface area contributed by atoms with Crippen LogP contribution >= 0.6 is 27.3 Å². The number of piperazine rings is 1. The predicted molar refractivity (Wildman–Crippen MR) is 74.4 cm³/mol. The summed E-state index contributed by atoms with van der Waals surface area (Å²) in [6.45, 7) is 4.77. The summed E-state index contributed by atoms with van der Waals surface area (Å²) in [5, 5.41) is 5.36. The van der Waals surface area contributed by atoms with Crippen LogP contribution in [0.1, 0.15) is 18.2 Å². The molecule has 94 valence electrons. The molecule has 1 saturated heterocycles. The zero-order valence-electron chi connectivity index (χ0n) is 9.91. The van der Waals surface area contributed by atoms with Gasteiger partial charge in [-0.1, -0.05) is 0 Å². The Morgan fingerprint density at radius 3 is 3.18 bits per heavy atom. The number of carbonyl (C=O) groups excluding carboxylic acids is 1. The molecule has 0 aromatic carbocycles. The summed E-state index contributed by atoms with van der Waals surface area (Å²) in [4.78, 5) is 15.4. The van der Waals surface area contributed by atoms with Crippen molar-refractivity contribution in [1.29, 1.82) is 0 Å². The first-order chi connectivity index (χ1) is 8.16. The van der Waals surface area contributed by atoms with Crippen LogP contribution in [0.2, 0.25) is 0 Å². The van der Waals surface area contributed by atoms with Crippen LogP contribution in [0.15, 0.2) is 15.9 Å². The number of nitrogens with one attached hydrogen (secondary N) is 1. The molecule has 0 aliphatic carbocycles. The zero-order valence-corrected chi connectivity index (χ0v) is 12.3. The Kier molecular flexibility index (Phi) is 4.59. The molecule has 3 nitrogen and oxygen atoms in total. The molecule has 0 bridgehead atoms. The molecule has 1 amide bonds. The van der Waals surface area contributed by atoms with Crippen molar-refractivity contribution < 1.29 is 4.79 Å². The van der Waals surface area contributed by atoms with Gasteiger partial charge in [0, 0.05) is 46.8 Å². The number of thiophene rings is 1. The van der Waals surface area contributed by atoms with E-state index in [9.17, 15) is 4.79 Å². The molecule has 0 spiro atoms. The number of halogens is 1. The number of amides is 1. The van der Waals surface area contributed by atoms with E-state index in [0.29, 0.717) is 12.5 Å². The van der Waals surface area contributed by atoms with E-state index in [0.717, 1.165) is 30.5 Å². The van der Waals surface area contributed by atoms with Crippen molar-refractivity contribution in [2.45, 2.75) is 25.8 Å². The molecule has 2 heterocycles. The first-order valence-electron chi connectivity index (χ1n) is 5.90. The first kappa shape index (κ1) is 13.1. The maximum Gasteiger partial charge on any atom is 0.223 e. The average molecular weight is 317 g/mol. The highest BCUT2D eigenvalue weighted by atomic mass is 79.9. The molecule has 0 saturated carbocycles. The number of aryl methyl sites for hydroxylation is 1. The standard InChI is InChI=1S/C12H17BrN2OS/c1-9-7-14-4-5-15(9)12(16)3-2-11-6-10(13)8-17-11/h6,8-9,14H,2-5,7H2,1H3/t9-/m1/s1. The van der Waals surface area contributed by atoms with Crippen LogP contribution in [-0.4, -0.2) is 36.5 Å². The zero-order chi connectivity index (χ0) is 12.3. The van der Waals surface area contributed by atoms with Crippen LogP contribution in [0.5, 0.6) is 0 Å². The molecular formula is C12H17BrN2OS. The Labute approximate surface area is 114 Å². The highest BCUT2D eigenvalue weighted by Gasteiger charge is 2.22. The molecule has 1 aromatic heterocycles. The Morgan fingerprint density at radius 2 is 2.53 bits per heavy atom. The number of carbonyl (C=O) groups is 1. The van der Waals surface area contributed by atoms with E-state index in [4.69, 9.17) is 0 Å². The quantitative estimate of drug-likeness (QED) is 0.927. The molecule has 1 fully saturated rings. The maximum atomic E-state index is 12.1. The van der Waals surface area contributed by atoms with Crippen molar-refractivity contribution >= 4 is 33.2 Å². The molecule has 5 heteroatoms. The second-order valence-electron chi connectivity index (χ2n) is 4.37. The van der Waals surface area contributed by atoms with Gasteiger partial charge in [0.15, 0.2) is 0 Å². The molecule has 0 radical (unpaired) electrons. The Bertz CT molecular complexity index is 394. The van der Waals surface area contributed by atoms with Crippen molar-refractivity contribution in [1.82, 2.24) is 10.2 Å². The number of rotatable bonds is 3. The SMILES string of the molecule is C[C@@H]1CNCCN1C(=O)CCc1cc(Br)cs1. The number of nitrogens with zero attached hydrogens (tertiary/aromatic N) is 1. The van der Waals surface area contributed by atoms with Crippen LogP contribution in [0.3, 0.4) is 0 Å². The molecule has 1 aromatic rings. The van der Waals surface area contributed by atoms with Gasteiger partial charge in [0.2, 0.25) is 5.91 Å². The second kappa shape index (κ2) is 5.98. The van der Waals surface area contributed by atoms with E-state index in [2.05, 4.69) is 39.6 Å². The number of hydrogen-bond donors (Lipinski definition) is 1. The minimum absolute atomic E-state index is 0.281. The fraction of sp³-hybridized carbons (Fsp3) is 0.583. The van der Waals surface area contributed by atoms with Crippen molar-refractivity contribution in [2.24, 2.45) is 0 Å². The van der Waals surface area contributed by atoms with E-state index < -0.39 is 0 Å². The van der Waals surface area contributed by atoms with Crippen LogP contribution in [-0.2, 0) is 11.2 Å². The summed E-state index contributed by atoms with van der Waals surface area (Å²) in [5.41, 5.74) is 0. The first-order valence-corrected chi connectivity index (χ1v) is 7.57. The largest absolute Gasteiger partial charge is 0.337 e. The smallest absolute Gasteiger partial charge is 0.223 e. The van der Waals surface area contributed by atoms with Gasteiger partial charge < -0.3 is 10.2 Å². The lowest BCUT2D eigenvalue weighted by Gasteiger charge is -2.34. The lowest BCUT2D eigenvalue weighted by molar-refractivity contribution is -0.133. The van der Waals surface area contributed by atoms with E-state index in [-0.39, 0.29) is 5.91 Å². The molecular weight excluding hydrogens is 300 g/mol. The summed E-state index contributed by atoms with van der Waals surface area (Å²) in [5.74, 6) is 0.281. The van der Waals surface area contributed by atoms with Crippen LogP contribution < -0.4 is 5.32 Å². The summed E-state index contributed by atoms with van der Waals surface area (Å²) >= 11 is 5.14. The topological polar surface area (TPSA) is 32.3 Å². The van der Waals surface area contributed by atoms with Crippen molar-refractivity contribution in [3.63, 3.8) is 0 Å². The monoisotopic (exact) mass is 316 g/mol. The lowest BCUT2D eigenvalue weighted by Crippen LogP contribution is -2.52. The Morgan fingerprint density at radius 1 is 1.71 bits per heavy atom. The molecule has 1 atom stereocenters. The molecule has 1 aliphatic rings. The number of hydrogen-bond acceptors (Lipinski definition) is 3. The highest BCUT2D eigenvalue weighted by molar-refractivity contribution is 9.10. The van der Waals surface area contributed by atoms with E-state index >= 15 is 0 Å². The summed E-state index contributed by atoms with van der Waals surface area (Å²) in [6.07, 6.45) is 1.48. The Balaban J connectivity index is 1.84. The van der Waals surface area contributed by atoms with Gasteiger partial charge >= 0.3 is 0 Å². The van der Waals surface area contributed by atoms with Gasteiger partial charge in [0.25, 0.3) is 0 Å². The summed E-state index contributed by atoms with van der Waals surface area (Å²) < 4.78 is 1.11. The fourth-order valence-corrected chi connectivity index (χ4v) is 3.53. The van der Waals surface area contributed by atoms with Gasteiger partial charge in [-0.2, -0.15) is 0 Å². The maximum absolute atomic E-state index is 12.1. The minimum Gasteiger partial charge on any atom is -0.337 e. The van der Waals surface area contributed by atoms with Gasteiger partial charge in [-0.3, -0.25) is 4.79 Å². The third-order valence-electron chi connectivity index (χ3n) is 3.03. The molecule has 2 rings (SSSR count). The second-order valence-corrected chi connectivity index (χ2v) is 6.28. The van der Waals surface area contributed by atoms with E-state index in [1.165, 1.54) is 4.88 Å². The molecule has 1 aliphatic heterocycles. The Hall–Kier alpha value is -0.390. The average Bonchev–Trinajstić information content (AvgIpc) is 2.73. The van der Waals surface area contributed by atoms with Gasteiger partial charge in [-0.05, 0) is 35.3 Å². The summed E-state index contributed by atoms with van der Waals surface area (Å²) in [6, 6.07) is 2.42. The van der Waals surface area contributed by atoms with E-state index in [1.807, 2.05) is 4.90 Å². The fourth-order valence-electron chi connectivity index (χ4n) is 2.07. The van der Waals surface area contributed by atoms with Gasteiger partial charge in [-0.15, -0.1) is 11.3 Å². The van der Waals surface area contributed by atoms with Crippen molar-refractivity contribution in [3.8, 4) is 0 Å². The van der Waals surface area contributed by atoms with Crippen LogP contribution in [0, 0.1) is 0 Å². The van der Waals surface area contributed by atoms with Crippen molar-refractivity contribution in [3.05, 3.63) is 20.8 Å². The highest BCUT2D eigenvalue weighted by Crippen LogP contribution is 2.21. The normalized spacial score (nSPS) is 20.6. The van der Waals surface area contributed by atoms with E-state index in [1.54, 1.807) is 11.3 Å². The van der Waals surface area contributed by atoms with Crippen molar-refractivity contribution in [2.75, 3.05) is 19.6 Å². The molecule has 1 N–H and O–H groups in total. The minimum atomic E-state index is 0.281.